The van der Waals surface area contributed by atoms with Gasteiger partial charge in [0.1, 0.15) is 24.2 Å². The number of carbonyl (C=O) groups excluding carboxylic acids is 3. The van der Waals surface area contributed by atoms with Crippen molar-refractivity contribution in [1.29, 1.82) is 0 Å². The zero-order valence-electron chi connectivity index (χ0n) is 22.9. The zero-order chi connectivity index (χ0) is 30.0. The van der Waals surface area contributed by atoms with Crippen LogP contribution in [0.4, 0.5) is 0 Å². The molecule has 40 heavy (non-hydrogen) atoms. The average molecular weight is 561 g/mol. The van der Waals surface area contributed by atoms with Crippen molar-refractivity contribution in [2.45, 2.75) is 70.3 Å². The number of nitrogens with two attached hydrogens (primary N) is 3. The number of benzene rings is 1. The fourth-order valence-electron chi connectivity index (χ4n) is 4.03. The molecule has 0 saturated heterocycles. The van der Waals surface area contributed by atoms with Gasteiger partial charge in [-0.15, -0.1) is 0 Å². The van der Waals surface area contributed by atoms with Gasteiger partial charge in [0.2, 0.25) is 17.7 Å². The van der Waals surface area contributed by atoms with E-state index < -0.39 is 59.9 Å². The summed E-state index contributed by atoms with van der Waals surface area (Å²) in [6, 6.07) is 2.60. The molecule has 5 atom stereocenters. The van der Waals surface area contributed by atoms with Gasteiger partial charge in [0.15, 0.2) is 5.96 Å². The number of aromatic amines is 1. The first-order chi connectivity index (χ1) is 18.8. The van der Waals surface area contributed by atoms with Crippen molar-refractivity contribution in [2.24, 2.45) is 28.1 Å². The fourth-order valence-corrected chi connectivity index (χ4v) is 4.03. The molecule has 0 radical (unpaired) electrons. The Morgan fingerprint density at radius 2 is 1.62 bits per heavy atom. The van der Waals surface area contributed by atoms with Gasteiger partial charge in [-0.05, 0) is 37.3 Å². The average Bonchev–Trinajstić information content (AvgIpc) is 3.30. The third-order valence-electron chi connectivity index (χ3n) is 6.36. The lowest BCUT2D eigenvalue weighted by atomic mass is 10.0. The Kier molecular flexibility index (Phi) is 11.9. The molecule has 0 bridgehead atoms. The molecule has 220 valence electrons. The molecular weight excluding hydrogens is 520 g/mol. The third-order valence-corrected chi connectivity index (χ3v) is 6.36. The van der Waals surface area contributed by atoms with Crippen molar-refractivity contribution in [3.63, 3.8) is 0 Å². The Hall–Kier alpha value is -4.17. The number of hydrogen-bond acceptors (Lipinski definition) is 7. The summed E-state index contributed by atoms with van der Waals surface area (Å²) in [5.74, 6) is -3.91. The molecular formula is C26H40N8O6. The van der Waals surface area contributed by atoms with Crippen LogP contribution in [0.15, 0.2) is 35.5 Å². The number of aromatic nitrogens is 1. The Balaban J connectivity index is 2.21. The summed E-state index contributed by atoms with van der Waals surface area (Å²) in [4.78, 5) is 57.9. The van der Waals surface area contributed by atoms with Crippen LogP contribution in [0, 0.1) is 5.92 Å². The number of aliphatic imine (C=N–C) groups is 1. The number of guanidine groups is 1. The smallest absolute Gasteiger partial charge is 0.326 e. The lowest BCUT2D eigenvalue weighted by Gasteiger charge is -2.27. The number of carbonyl (C=O) groups is 4. The molecule has 2 rings (SSSR count). The van der Waals surface area contributed by atoms with Crippen LogP contribution in [-0.4, -0.2) is 81.7 Å². The summed E-state index contributed by atoms with van der Waals surface area (Å²) in [6.45, 7) is 4.90. The number of para-hydroxylation sites is 1. The van der Waals surface area contributed by atoms with Crippen molar-refractivity contribution in [1.82, 2.24) is 20.9 Å². The summed E-state index contributed by atoms with van der Waals surface area (Å²) >= 11 is 0. The number of rotatable bonds is 15. The number of carboxylic acid groups (broad SMARTS) is 1. The topological polar surface area (TPSA) is 251 Å². The Labute approximate surface area is 232 Å². The molecule has 14 heteroatoms. The van der Waals surface area contributed by atoms with Crippen molar-refractivity contribution in [2.75, 3.05) is 6.54 Å². The molecule has 5 unspecified atom stereocenters. The third kappa shape index (κ3) is 9.24. The van der Waals surface area contributed by atoms with Crippen molar-refractivity contribution in [3.8, 4) is 0 Å². The number of amides is 3. The summed E-state index contributed by atoms with van der Waals surface area (Å²) in [6.07, 6.45) is 0.925. The maximum Gasteiger partial charge on any atom is 0.326 e. The predicted octanol–water partition coefficient (Wildman–Crippen LogP) is -1.33. The minimum absolute atomic E-state index is 0.00165. The van der Waals surface area contributed by atoms with Crippen LogP contribution in [0.2, 0.25) is 0 Å². The lowest BCUT2D eigenvalue weighted by molar-refractivity contribution is -0.142. The normalized spacial score (nSPS) is 14.9. The molecule has 12 N–H and O–H groups in total. The van der Waals surface area contributed by atoms with E-state index >= 15 is 0 Å². The standard InChI is InChI=1S/C26H40N8O6/c1-13(2)21(34-23(37)20(27)14(3)35)24(38)32-18(9-6-10-30-26(28)29)22(36)33-19(25(39)40)11-15-12-31-17-8-5-4-7-16(15)17/h4-5,7-8,12-14,18-21,31,35H,6,9-11,27H2,1-3H3,(H,32,38)(H,33,36)(H,34,37)(H,39,40)(H4,28,29,30). The fraction of sp³-hybridized carbons (Fsp3) is 0.500. The summed E-state index contributed by atoms with van der Waals surface area (Å²) in [5.41, 5.74) is 17.9. The Bertz CT molecular complexity index is 1210. The Morgan fingerprint density at radius 1 is 0.975 bits per heavy atom. The molecule has 0 aliphatic carbocycles. The van der Waals surface area contributed by atoms with Crippen LogP contribution < -0.4 is 33.2 Å². The van der Waals surface area contributed by atoms with Gasteiger partial charge < -0.3 is 48.3 Å². The van der Waals surface area contributed by atoms with E-state index in [1.54, 1.807) is 20.0 Å². The Morgan fingerprint density at radius 3 is 2.23 bits per heavy atom. The van der Waals surface area contributed by atoms with Crippen molar-refractivity contribution >= 4 is 40.6 Å². The van der Waals surface area contributed by atoms with Gasteiger partial charge in [0.25, 0.3) is 0 Å². The van der Waals surface area contributed by atoms with Crippen LogP contribution in [0.5, 0.6) is 0 Å². The van der Waals surface area contributed by atoms with Gasteiger partial charge in [-0.25, -0.2) is 4.79 Å². The quantitative estimate of drug-likeness (QED) is 0.0709. The summed E-state index contributed by atoms with van der Waals surface area (Å²) in [7, 11) is 0. The first-order valence-corrected chi connectivity index (χ1v) is 13.0. The van der Waals surface area contributed by atoms with Gasteiger partial charge in [0.05, 0.1) is 6.10 Å². The summed E-state index contributed by atoms with van der Waals surface area (Å²) < 4.78 is 0. The molecule has 0 fully saturated rings. The highest BCUT2D eigenvalue weighted by Crippen LogP contribution is 2.19. The highest BCUT2D eigenvalue weighted by molar-refractivity contribution is 5.94. The minimum Gasteiger partial charge on any atom is -0.480 e. The van der Waals surface area contributed by atoms with Crippen LogP contribution in [-0.2, 0) is 25.6 Å². The molecule has 0 spiro atoms. The van der Waals surface area contributed by atoms with Gasteiger partial charge in [-0.2, -0.15) is 0 Å². The van der Waals surface area contributed by atoms with Gasteiger partial charge in [-0.3, -0.25) is 19.4 Å². The number of aliphatic hydroxyl groups excluding tert-OH is 1. The lowest BCUT2D eigenvalue weighted by Crippen LogP contribution is -2.59. The number of aliphatic carboxylic acids is 1. The number of nitrogens with one attached hydrogen (secondary N) is 4. The molecule has 0 aliphatic rings. The second-order valence-electron chi connectivity index (χ2n) is 9.97. The number of H-pyrrole nitrogens is 1. The highest BCUT2D eigenvalue weighted by atomic mass is 16.4. The zero-order valence-corrected chi connectivity index (χ0v) is 22.9. The maximum atomic E-state index is 13.3. The number of nitrogens with zero attached hydrogens (tertiary/aromatic N) is 1. The molecule has 0 aliphatic heterocycles. The van der Waals surface area contributed by atoms with E-state index in [2.05, 4.69) is 25.9 Å². The van der Waals surface area contributed by atoms with E-state index in [4.69, 9.17) is 17.2 Å². The second-order valence-corrected chi connectivity index (χ2v) is 9.97. The van der Waals surface area contributed by atoms with Crippen LogP contribution in [0.3, 0.4) is 0 Å². The second kappa shape index (κ2) is 14.8. The van der Waals surface area contributed by atoms with E-state index in [1.165, 1.54) is 6.92 Å². The highest BCUT2D eigenvalue weighted by Gasteiger charge is 2.32. The number of fused-ring (bicyclic) bond motifs is 1. The van der Waals surface area contributed by atoms with E-state index in [0.717, 1.165) is 10.9 Å². The van der Waals surface area contributed by atoms with Crippen LogP contribution >= 0.6 is 0 Å². The maximum absolute atomic E-state index is 13.3. The van der Waals surface area contributed by atoms with Gasteiger partial charge in [-0.1, -0.05) is 32.0 Å². The van der Waals surface area contributed by atoms with Crippen molar-refractivity contribution in [3.05, 3.63) is 36.0 Å². The predicted molar refractivity (Wildman–Crippen MR) is 150 cm³/mol. The van der Waals surface area contributed by atoms with Crippen LogP contribution in [0.1, 0.15) is 39.2 Å². The molecule has 1 aromatic heterocycles. The molecule has 1 heterocycles. The van der Waals surface area contributed by atoms with E-state index in [1.807, 2.05) is 24.3 Å². The minimum atomic E-state index is -1.28. The number of hydrogen-bond donors (Lipinski definition) is 9. The van der Waals surface area contributed by atoms with Gasteiger partial charge >= 0.3 is 5.97 Å². The molecule has 0 saturated carbocycles. The molecule has 14 nitrogen and oxygen atoms in total. The first kappa shape index (κ1) is 32.0. The number of aliphatic hydroxyl groups is 1. The number of carboxylic acids is 1. The van der Waals surface area contributed by atoms with Crippen LogP contribution in [0.25, 0.3) is 10.9 Å². The van der Waals surface area contributed by atoms with E-state index in [9.17, 15) is 29.4 Å². The summed E-state index contributed by atoms with van der Waals surface area (Å²) in [5, 5.41) is 27.9. The first-order valence-electron chi connectivity index (χ1n) is 13.0. The molecule has 1 aromatic carbocycles. The monoisotopic (exact) mass is 560 g/mol. The van der Waals surface area contributed by atoms with E-state index in [-0.39, 0.29) is 25.3 Å². The molecule has 2 aromatic rings. The van der Waals surface area contributed by atoms with E-state index in [0.29, 0.717) is 12.0 Å². The van der Waals surface area contributed by atoms with Crippen molar-refractivity contribution < 1.29 is 29.4 Å². The largest absolute Gasteiger partial charge is 0.480 e. The molecule has 3 amide bonds. The van der Waals surface area contributed by atoms with Gasteiger partial charge in [0, 0.05) is 30.1 Å². The SMILES string of the molecule is CC(C)C(NC(=O)C(N)C(C)O)C(=O)NC(CCCN=C(N)N)C(=O)NC(Cc1c[nH]c2ccccc12)C(=O)O.